The van der Waals surface area contributed by atoms with Crippen molar-refractivity contribution in [3.8, 4) is 11.1 Å². The van der Waals surface area contributed by atoms with Crippen LogP contribution < -0.4 is 0 Å². The fraction of sp³-hybridized carbons (Fsp3) is 0.167. The lowest BCUT2D eigenvalue weighted by molar-refractivity contribution is -0.137. The number of hydrogen-bond donors (Lipinski definition) is 1. The molecule has 1 aromatic carbocycles. The largest absolute Gasteiger partial charge is 0.481 e. The van der Waals surface area contributed by atoms with E-state index in [1.807, 2.05) is 0 Å². The van der Waals surface area contributed by atoms with Crippen LogP contribution in [0.2, 0.25) is 0 Å². The summed E-state index contributed by atoms with van der Waals surface area (Å²) < 4.78 is 27.3. The topological polar surface area (TPSA) is 55.1 Å². The van der Waals surface area contributed by atoms with Crippen molar-refractivity contribution >= 4 is 5.97 Å². The number of carboxylic acid groups (broad SMARTS) is 1. The molecule has 1 N–H and O–H groups in total. The van der Waals surface area contributed by atoms with E-state index in [0.717, 1.165) is 12.1 Å². The van der Waals surface area contributed by atoms with Crippen LogP contribution in [-0.2, 0) is 11.3 Å². The normalized spacial score (nSPS) is 10.6. The van der Waals surface area contributed by atoms with E-state index in [0.29, 0.717) is 11.1 Å². The van der Waals surface area contributed by atoms with E-state index in [4.69, 9.17) is 5.11 Å². The standard InChI is InChI=1S/C12H10F2N2O2/c13-10-2-1-8(5-11(10)14)9-6-15-16(7-9)4-3-12(17)18/h1-2,5-7H,3-4H2,(H,17,18). The third-order valence-electron chi connectivity index (χ3n) is 2.44. The molecule has 0 amide bonds. The van der Waals surface area contributed by atoms with Gasteiger partial charge >= 0.3 is 5.97 Å². The number of aromatic nitrogens is 2. The summed E-state index contributed by atoms with van der Waals surface area (Å²) in [5.74, 6) is -2.75. The quantitative estimate of drug-likeness (QED) is 0.908. The predicted molar refractivity (Wildman–Crippen MR) is 59.8 cm³/mol. The Morgan fingerprint density at radius 1 is 1.28 bits per heavy atom. The van der Waals surface area contributed by atoms with Crippen LogP contribution in [0.3, 0.4) is 0 Å². The monoisotopic (exact) mass is 252 g/mol. The molecule has 0 spiro atoms. The smallest absolute Gasteiger partial charge is 0.305 e. The number of aryl methyl sites for hydroxylation is 1. The fourth-order valence-corrected chi connectivity index (χ4v) is 1.52. The highest BCUT2D eigenvalue weighted by Gasteiger charge is 2.07. The number of carbonyl (C=O) groups is 1. The number of aliphatic carboxylic acids is 1. The summed E-state index contributed by atoms with van der Waals surface area (Å²) in [6, 6.07) is 3.56. The summed E-state index contributed by atoms with van der Waals surface area (Å²) in [6.45, 7) is 0.235. The van der Waals surface area contributed by atoms with Crippen molar-refractivity contribution in [1.82, 2.24) is 9.78 Å². The van der Waals surface area contributed by atoms with Crippen LogP contribution in [0.25, 0.3) is 11.1 Å². The highest BCUT2D eigenvalue weighted by molar-refractivity contribution is 5.66. The zero-order chi connectivity index (χ0) is 13.1. The third kappa shape index (κ3) is 2.71. The van der Waals surface area contributed by atoms with Crippen LogP contribution in [0.4, 0.5) is 8.78 Å². The number of nitrogens with zero attached hydrogens (tertiary/aromatic N) is 2. The zero-order valence-corrected chi connectivity index (χ0v) is 9.31. The Hall–Kier alpha value is -2.24. The summed E-state index contributed by atoms with van der Waals surface area (Å²) in [5, 5.41) is 12.5. The summed E-state index contributed by atoms with van der Waals surface area (Å²) in [5.41, 5.74) is 1.11. The highest BCUT2D eigenvalue weighted by atomic mass is 19.2. The molecule has 0 saturated heterocycles. The first kappa shape index (κ1) is 12.2. The van der Waals surface area contributed by atoms with Crippen LogP contribution in [0.5, 0.6) is 0 Å². The molecular weight excluding hydrogens is 242 g/mol. The van der Waals surface area contributed by atoms with Crippen molar-refractivity contribution in [3.63, 3.8) is 0 Å². The minimum absolute atomic E-state index is 0.0428. The van der Waals surface area contributed by atoms with Gasteiger partial charge in [0.1, 0.15) is 0 Å². The summed E-state index contributed by atoms with van der Waals surface area (Å²) in [4.78, 5) is 10.4. The van der Waals surface area contributed by atoms with E-state index in [-0.39, 0.29) is 13.0 Å². The summed E-state index contributed by atoms with van der Waals surface area (Å²) in [6.07, 6.45) is 3.03. The third-order valence-corrected chi connectivity index (χ3v) is 2.44. The number of benzene rings is 1. The fourth-order valence-electron chi connectivity index (χ4n) is 1.52. The van der Waals surface area contributed by atoms with E-state index in [1.165, 1.54) is 16.9 Å². The molecule has 94 valence electrons. The maximum absolute atomic E-state index is 13.0. The minimum atomic E-state index is -0.925. The van der Waals surface area contributed by atoms with E-state index < -0.39 is 17.6 Å². The molecule has 0 saturated carbocycles. The lowest BCUT2D eigenvalue weighted by Crippen LogP contribution is -2.04. The van der Waals surface area contributed by atoms with E-state index in [9.17, 15) is 13.6 Å². The van der Waals surface area contributed by atoms with Gasteiger partial charge in [-0.25, -0.2) is 8.78 Å². The first-order valence-corrected chi connectivity index (χ1v) is 5.26. The van der Waals surface area contributed by atoms with Gasteiger partial charge in [0.2, 0.25) is 0 Å². The molecular formula is C12H10F2N2O2. The molecule has 0 bridgehead atoms. The number of rotatable bonds is 4. The van der Waals surface area contributed by atoms with Crippen molar-refractivity contribution in [2.24, 2.45) is 0 Å². The molecule has 4 nitrogen and oxygen atoms in total. The van der Waals surface area contributed by atoms with Crippen LogP contribution in [0.1, 0.15) is 6.42 Å². The molecule has 2 rings (SSSR count). The lowest BCUT2D eigenvalue weighted by atomic mass is 10.1. The molecule has 1 aromatic heterocycles. The van der Waals surface area contributed by atoms with Gasteiger partial charge in [-0.05, 0) is 17.7 Å². The van der Waals surface area contributed by atoms with Crippen molar-refractivity contribution < 1.29 is 18.7 Å². The van der Waals surface area contributed by atoms with Gasteiger partial charge in [0, 0.05) is 11.8 Å². The number of hydrogen-bond acceptors (Lipinski definition) is 2. The number of halogens is 2. The first-order chi connectivity index (χ1) is 8.56. The van der Waals surface area contributed by atoms with Gasteiger partial charge in [0.25, 0.3) is 0 Å². The molecule has 2 aromatic rings. The molecule has 0 aliphatic carbocycles. The van der Waals surface area contributed by atoms with Gasteiger partial charge in [0.15, 0.2) is 11.6 Å². The van der Waals surface area contributed by atoms with Gasteiger partial charge in [-0.15, -0.1) is 0 Å². The second kappa shape index (κ2) is 4.95. The number of carboxylic acids is 1. The molecule has 18 heavy (non-hydrogen) atoms. The Kier molecular flexibility index (Phi) is 3.36. The van der Waals surface area contributed by atoms with Crippen molar-refractivity contribution in [2.75, 3.05) is 0 Å². The Labute approximate surface area is 101 Å². The molecule has 0 aliphatic heterocycles. The van der Waals surface area contributed by atoms with E-state index in [1.54, 1.807) is 6.20 Å². The van der Waals surface area contributed by atoms with Gasteiger partial charge in [-0.1, -0.05) is 6.07 Å². The Bertz CT molecular complexity index is 581. The Balaban J connectivity index is 2.18. The maximum Gasteiger partial charge on any atom is 0.305 e. The highest BCUT2D eigenvalue weighted by Crippen LogP contribution is 2.20. The molecule has 0 unspecified atom stereocenters. The van der Waals surface area contributed by atoms with Crippen LogP contribution in [0.15, 0.2) is 30.6 Å². The van der Waals surface area contributed by atoms with Gasteiger partial charge in [-0.3, -0.25) is 9.48 Å². The second-order valence-electron chi connectivity index (χ2n) is 3.76. The van der Waals surface area contributed by atoms with Crippen LogP contribution >= 0.6 is 0 Å². The van der Waals surface area contributed by atoms with Gasteiger partial charge in [-0.2, -0.15) is 5.10 Å². The average molecular weight is 252 g/mol. The van der Waals surface area contributed by atoms with Crippen LogP contribution in [-0.4, -0.2) is 20.9 Å². The van der Waals surface area contributed by atoms with Crippen LogP contribution in [0, 0.1) is 11.6 Å². The molecule has 0 atom stereocenters. The van der Waals surface area contributed by atoms with Crippen molar-refractivity contribution in [2.45, 2.75) is 13.0 Å². The van der Waals surface area contributed by atoms with Gasteiger partial charge < -0.3 is 5.11 Å². The lowest BCUT2D eigenvalue weighted by Gasteiger charge is -1.99. The predicted octanol–water partition coefficient (Wildman–Crippen LogP) is 2.30. The van der Waals surface area contributed by atoms with E-state index in [2.05, 4.69) is 5.10 Å². The average Bonchev–Trinajstić information content (AvgIpc) is 2.79. The Morgan fingerprint density at radius 2 is 2.06 bits per heavy atom. The SMILES string of the molecule is O=C(O)CCn1cc(-c2ccc(F)c(F)c2)cn1. The molecule has 1 heterocycles. The summed E-state index contributed by atoms with van der Waals surface area (Å²) in [7, 11) is 0. The minimum Gasteiger partial charge on any atom is -0.481 e. The first-order valence-electron chi connectivity index (χ1n) is 5.26. The Morgan fingerprint density at radius 3 is 2.72 bits per heavy atom. The molecule has 0 fully saturated rings. The van der Waals surface area contributed by atoms with Crippen molar-refractivity contribution in [1.29, 1.82) is 0 Å². The van der Waals surface area contributed by atoms with E-state index >= 15 is 0 Å². The maximum atomic E-state index is 13.0. The van der Waals surface area contributed by atoms with Crippen molar-refractivity contribution in [3.05, 3.63) is 42.2 Å². The second-order valence-corrected chi connectivity index (χ2v) is 3.76. The molecule has 0 aliphatic rings. The summed E-state index contributed by atoms with van der Waals surface area (Å²) >= 11 is 0. The zero-order valence-electron chi connectivity index (χ0n) is 9.31. The molecule has 6 heteroatoms. The van der Waals surface area contributed by atoms with Gasteiger partial charge in [0.05, 0.1) is 19.2 Å². The molecule has 0 radical (unpaired) electrons.